The Labute approximate surface area is 335 Å². The molecule has 0 amide bonds. The van der Waals surface area contributed by atoms with Gasteiger partial charge in [0, 0.05) is 44.3 Å². The fourth-order valence-electron chi connectivity index (χ4n) is 9.04. The molecular formula is C54H35N3O. The average Bonchev–Trinajstić information content (AvgIpc) is 3.81. The van der Waals surface area contributed by atoms with Crippen LogP contribution < -0.4 is 9.64 Å². The lowest BCUT2D eigenvalue weighted by molar-refractivity contribution is 0.476. The second-order valence-electron chi connectivity index (χ2n) is 15.0. The van der Waals surface area contributed by atoms with Crippen LogP contribution in [0.1, 0.15) is 0 Å². The average molecular weight is 742 g/mol. The van der Waals surface area contributed by atoms with Crippen LogP contribution in [0.3, 0.4) is 0 Å². The summed E-state index contributed by atoms with van der Waals surface area (Å²) in [6.07, 6.45) is 0. The number of hydrogen-bond donors (Lipinski definition) is 0. The Morgan fingerprint density at radius 1 is 0.328 bits per heavy atom. The Bertz CT molecular complexity index is 3310. The van der Waals surface area contributed by atoms with Gasteiger partial charge in [0.2, 0.25) is 0 Å². The minimum absolute atomic E-state index is 0.866. The van der Waals surface area contributed by atoms with E-state index in [9.17, 15) is 0 Å². The third kappa shape index (κ3) is 5.02. The molecule has 3 heterocycles. The van der Waals surface area contributed by atoms with Gasteiger partial charge in [0.25, 0.3) is 0 Å². The van der Waals surface area contributed by atoms with Crippen molar-refractivity contribution in [1.29, 1.82) is 0 Å². The maximum Gasteiger partial charge on any atom is 0.152 e. The molecule has 0 saturated heterocycles. The molecule has 0 aliphatic carbocycles. The Kier molecular flexibility index (Phi) is 7.20. The quantitative estimate of drug-likeness (QED) is 0.169. The Hall–Kier alpha value is -7.82. The van der Waals surface area contributed by atoms with E-state index in [0.717, 1.165) is 67.6 Å². The maximum absolute atomic E-state index is 6.62. The fraction of sp³-hybridized carbons (Fsp3) is 0. The molecule has 0 spiro atoms. The molecular weight excluding hydrogens is 707 g/mol. The van der Waals surface area contributed by atoms with Crippen molar-refractivity contribution in [2.24, 2.45) is 0 Å². The molecule has 0 fully saturated rings. The highest BCUT2D eigenvalue weighted by Crippen LogP contribution is 2.47. The molecule has 2 aromatic heterocycles. The van der Waals surface area contributed by atoms with E-state index < -0.39 is 0 Å². The first-order valence-corrected chi connectivity index (χ1v) is 19.8. The first kappa shape index (κ1) is 32.4. The highest BCUT2D eigenvalue weighted by atomic mass is 16.5. The summed E-state index contributed by atoms with van der Waals surface area (Å²) in [6.45, 7) is 0. The molecule has 4 nitrogen and oxygen atoms in total. The van der Waals surface area contributed by atoms with Gasteiger partial charge < -0.3 is 18.8 Å². The number of fused-ring (bicyclic) bond motifs is 8. The molecule has 272 valence electrons. The predicted molar refractivity (Wildman–Crippen MR) is 241 cm³/mol. The van der Waals surface area contributed by atoms with Crippen LogP contribution in [0.4, 0.5) is 17.1 Å². The molecule has 1 aliphatic heterocycles. The number of rotatable bonds is 6. The largest absolute Gasteiger partial charge is 0.453 e. The SMILES string of the molecule is c1ccc(-c2ccc3c(c2)c2cc(N(c4ccccc4)c4ccccc4)ccc2n3-c2ccc(-c3cc4c5c(c3)c3ccccc3n5-c3ccccc3O4)cc2)cc1. The molecule has 0 N–H and O–H groups in total. The zero-order chi connectivity index (χ0) is 38.2. The Balaban J connectivity index is 1.02. The second-order valence-corrected chi connectivity index (χ2v) is 15.0. The van der Waals surface area contributed by atoms with E-state index in [0.29, 0.717) is 0 Å². The maximum atomic E-state index is 6.62. The summed E-state index contributed by atoms with van der Waals surface area (Å²) in [5.41, 5.74) is 14.8. The van der Waals surface area contributed by atoms with E-state index in [1.807, 2.05) is 6.07 Å². The second kappa shape index (κ2) is 12.9. The fourth-order valence-corrected chi connectivity index (χ4v) is 9.04. The standard InChI is InChI=1S/C54H35N3O/c1-4-14-36(15-5-1)38-26-30-49-45(32-38)46-35-43(55(40-16-6-2-7-17-40)41-18-8-3-9-19-41)29-31-50(46)56(49)42-27-24-37(25-28-42)39-33-47-44-20-10-11-21-48(44)57-51-22-12-13-23-52(51)58-53(34-39)54(47)57/h1-35H. The molecule has 0 atom stereocenters. The third-order valence-electron chi connectivity index (χ3n) is 11.7. The van der Waals surface area contributed by atoms with E-state index in [4.69, 9.17) is 4.74 Å². The lowest BCUT2D eigenvalue weighted by atomic mass is 10.0. The summed E-state index contributed by atoms with van der Waals surface area (Å²) < 4.78 is 11.4. The molecule has 0 bridgehead atoms. The van der Waals surface area contributed by atoms with E-state index in [1.165, 1.54) is 38.2 Å². The van der Waals surface area contributed by atoms with Crippen molar-refractivity contribution in [3.05, 3.63) is 212 Å². The first-order valence-electron chi connectivity index (χ1n) is 19.8. The van der Waals surface area contributed by atoms with Crippen LogP contribution in [0.5, 0.6) is 11.5 Å². The highest BCUT2D eigenvalue weighted by molar-refractivity contribution is 6.14. The zero-order valence-corrected chi connectivity index (χ0v) is 31.5. The molecule has 0 radical (unpaired) electrons. The molecule has 9 aromatic carbocycles. The first-order chi connectivity index (χ1) is 28.8. The molecule has 11 aromatic rings. The van der Waals surface area contributed by atoms with E-state index in [2.05, 4.69) is 220 Å². The summed E-state index contributed by atoms with van der Waals surface area (Å²) in [7, 11) is 0. The van der Waals surface area contributed by atoms with Gasteiger partial charge in [-0.05, 0) is 119 Å². The topological polar surface area (TPSA) is 22.3 Å². The molecule has 4 heteroatoms. The van der Waals surface area contributed by atoms with Gasteiger partial charge in [0.15, 0.2) is 11.5 Å². The van der Waals surface area contributed by atoms with Gasteiger partial charge in [-0.25, -0.2) is 0 Å². The van der Waals surface area contributed by atoms with Crippen LogP contribution in [0.2, 0.25) is 0 Å². The molecule has 1 aliphatic rings. The number of aromatic nitrogens is 2. The van der Waals surface area contributed by atoms with Crippen molar-refractivity contribution >= 4 is 60.7 Å². The van der Waals surface area contributed by atoms with Crippen molar-refractivity contribution in [2.75, 3.05) is 4.90 Å². The van der Waals surface area contributed by atoms with E-state index in [-0.39, 0.29) is 0 Å². The van der Waals surface area contributed by atoms with Crippen molar-refractivity contribution in [2.45, 2.75) is 0 Å². The predicted octanol–water partition coefficient (Wildman–Crippen LogP) is 14.8. The van der Waals surface area contributed by atoms with Crippen molar-refractivity contribution in [3.63, 3.8) is 0 Å². The Morgan fingerprint density at radius 3 is 1.66 bits per heavy atom. The van der Waals surface area contributed by atoms with Crippen LogP contribution in [-0.2, 0) is 0 Å². The molecule has 58 heavy (non-hydrogen) atoms. The minimum atomic E-state index is 0.866. The van der Waals surface area contributed by atoms with Gasteiger partial charge in [-0.1, -0.05) is 115 Å². The molecule has 0 unspecified atom stereocenters. The summed E-state index contributed by atoms with van der Waals surface area (Å²) in [5, 5.41) is 4.82. The molecule has 12 rings (SSSR count). The number of nitrogens with zero attached hydrogens (tertiary/aromatic N) is 3. The van der Waals surface area contributed by atoms with Crippen LogP contribution in [0.25, 0.3) is 77.2 Å². The zero-order valence-electron chi connectivity index (χ0n) is 31.5. The highest BCUT2D eigenvalue weighted by Gasteiger charge is 2.25. The normalized spacial score (nSPS) is 11.9. The summed E-state index contributed by atoms with van der Waals surface area (Å²) in [6, 6.07) is 76.1. The Morgan fingerprint density at radius 2 is 0.897 bits per heavy atom. The van der Waals surface area contributed by atoms with Crippen LogP contribution in [-0.4, -0.2) is 9.13 Å². The number of hydrogen-bond acceptors (Lipinski definition) is 2. The number of ether oxygens (including phenoxy) is 1. The van der Waals surface area contributed by atoms with Gasteiger partial charge in [-0.15, -0.1) is 0 Å². The van der Waals surface area contributed by atoms with E-state index in [1.54, 1.807) is 0 Å². The third-order valence-corrected chi connectivity index (χ3v) is 11.7. The van der Waals surface area contributed by atoms with E-state index >= 15 is 0 Å². The number of benzene rings is 9. The van der Waals surface area contributed by atoms with Crippen LogP contribution in [0, 0.1) is 0 Å². The van der Waals surface area contributed by atoms with Gasteiger partial charge in [-0.2, -0.15) is 0 Å². The minimum Gasteiger partial charge on any atom is -0.453 e. The summed E-state index contributed by atoms with van der Waals surface area (Å²) in [4.78, 5) is 2.34. The van der Waals surface area contributed by atoms with Crippen molar-refractivity contribution < 1.29 is 4.74 Å². The number of para-hydroxylation sites is 5. The van der Waals surface area contributed by atoms with Crippen LogP contribution >= 0.6 is 0 Å². The summed E-state index contributed by atoms with van der Waals surface area (Å²) >= 11 is 0. The van der Waals surface area contributed by atoms with Crippen LogP contribution in [0.15, 0.2) is 212 Å². The lowest BCUT2D eigenvalue weighted by Gasteiger charge is -2.25. The van der Waals surface area contributed by atoms with Gasteiger partial charge in [0.1, 0.15) is 0 Å². The molecule has 0 saturated carbocycles. The van der Waals surface area contributed by atoms with Crippen molar-refractivity contribution in [3.8, 4) is 45.1 Å². The number of anilines is 3. The van der Waals surface area contributed by atoms with Crippen molar-refractivity contribution in [1.82, 2.24) is 9.13 Å². The van der Waals surface area contributed by atoms with Gasteiger partial charge >= 0.3 is 0 Å². The van der Waals surface area contributed by atoms with Gasteiger partial charge in [0.05, 0.1) is 27.8 Å². The summed E-state index contributed by atoms with van der Waals surface area (Å²) in [5.74, 6) is 1.74. The van der Waals surface area contributed by atoms with Gasteiger partial charge in [-0.3, -0.25) is 0 Å². The lowest BCUT2D eigenvalue weighted by Crippen LogP contribution is -2.09. The monoisotopic (exact) mass is 741 g/mol. The smallest absolute Gasteiger partial charge is 0.152 e.